The molecule has 2 heterocycles. The molecule has 2 aromatic rings. The van der Waals surface area contributed by atoms with Gasteiger partial charge in [-0.25, -0.2) is 18.0 Å². The first-order chi connectivity index (χ1) is 18.3. The zero-order chi connectivity index (χ0) is 27.3. The maximum Gasteiger partial charge on any atom is 0.338 e. The van der Waals surface area contributed by atoms with E-state index in [2.05, 4.69) is 16.8 Å². The van der Waals surface area contributed by atoms with Crippen LogP contribution in [-0.4, -0.2) is 80.4 Å². The van der Waals surface area contributed by atoms with Gasteiger partial charge in [-0.05, 0) is 31.5 Å². The number of esters is 1. The second kappa shape index (κ2) is 11.9. The Labute approximate surface area is 224 Å². The topological polar surface area (TPSA) is 99.3 Å². The highest BCUT2D eigenvalue weighted by atomic mass is 32.2. The summed E-state index contributed by atoms with van der Waals surface area (Å²) in [6.07, 6.45) is 1.61. The number of hydrogen-bond donors (Lipinski definition) is 1. The molecule has 0 aliphatic carbocycles. The van der Waals surface area contributed by atoms with Crippen LogP contribution in [0, 0.1) is 6.92 Å². The number of carbonyl (C=O) groups is 2. The lowest BCUT2D eigenvalue weighted by atomic mass is 9.93. The number of sulfonamides is 1. The van der Waals surface area contributed by atoms with Crippen LogP contribution in [0.15, 0.2) is 83.4 Å². The van der Waals surface area contributed by atoms with Crippen molar-refractivity contribution in [1.29, 1.82) is 0 Å². The summed E-state index contributed by atoms with van der Waals surface area (Å²) >= 11 is 0. The Morgan fingerprint density at radius 3 is 2.45 bits per heavy atom. The summed E-state index contributed by atoms with van der Waals surface area (Å²) in [6, 6.07) is 15.1. The number of amides is 2. The quantitative estimate of drug-likeness (QED) is 0.389. The first-order valence-electron chi connectivity index (χ1n) is 12.7. The number of urea groups is 1. The molecule has 0 spiro atoms. The molecule has 1 N–H and O–H groups in total. The summed E-state index contributed by atoms with van der Waals surface area (Å²) in [6.45, 7) is 9.68. The number of rotatable bonds is 9. The van der Waals surface area contributed by atoms with Gasteiger partial charge in [0.05, 0.1) is 23.1 Å². The zero-order valence-corrected chi connectivity index (χ0v) is 22.6. The lowest BCUT2D eigenvalue weighted by Gasteiger charge is -2.40. The van der Waals surface area contributed by atoms with Crippen molar-refractivity contribution in [3.63, 3.8) is 0 Å². The second-order valence-corrected chi connectivity index (χ2v) is 11.2. The van der Waals surface area contributed by atoms with Crippen LogP contribution in [0.1, 0.15) is 24.1 Å². The third-order valence-corrected chi connectivity index (χ3v) is 8.62. The fourth-order valence-corrected chi connectivity index (χ4v) is 6.27. The predicted molar refractivity (Wildman–Crippen MR) is 145 cm³/mol. The molecule has 10 heteroatoms. The van der Waals surface area contributed by atoms with Crippen molar-refractivity contribution in [3.8, 4) is 0 Å². The van der Waals surface area contributed by atoms with Gasteiger partial charge in [0.2, 0.25) is 10.0 Å². The molecule has 0 aromatic heterocycles. The molecule has 2 aliphatic rings. The molecule has 202 valence electrons. The van der Waals surface area contributed by atoms with Gasteiger partial charge in [-0.15, -0.1) is 6.58 Å². The van der Waals surface area contributed by atoms with Crippen LogP contribution < -0.4 is 5.32 Å². The highest BCUT2D eigenvalue weighted by Gasteiger charge is 2.39. The van der Waals surface area contributed by atoms with Crippen molar-refractivity contribution < 1.29 is 22.7 Å². The SMILES string of the molecule is C=CCN1C(=O)NC(c2cccc(C)c2)C(C(=O)OCC)=C1CN1CCN(S(=O)(=O)c2ccccc2)CC1. The van der Waals surface area contributed by atoms with E-state index in [9.17, 15) is 18.0 Å². The van der Waals surface area contributed by atoms with Crippen molar-refractivity contribution >= 4 is 22.0 Å². The number of benzene rings is 2. The van der Waals surface area contributed by atoms with E-state index < -0.39 is 22.0 Å². The number of aryl methyl sites for hydroxylation is 1. The Bertz CT molecular complexity index is 1320. The van der Waals surface area contributed by atoms with Gasteiger partial charge >= 0.3 is 12.0 Å². The maximum atomic E-state index is 13.3. The molecule has 1 unspecified atom stereocenters. The first-order valence-corrected chi connectivity index (χ1v) is 14.1. The minimum absolute atomic E-state index is 0.196. The lowest BCUT2D eigenvalue weighted by Crippen LogP contribution is -2.53. The van der Waals surface area contributed by atoms with E-state index in [4.69, 9.17) is 4.74 Å². The molecule has 1 fully saturated rings. The van der Waals surface area contributed by atoms with Crippen LogP contribution in [0.4, 0.5) is 4.79 Å². The van der Waals surface area contributed by atoms with Crippen LogP contribution in [0.2, 0.25) is 0 Å². The minimum Gasteiger partial charge on any atom is -0.463 e. The van der Waals surface area contributed by atoms with Crippen molar-refractivity contribution in [2.45, 2.75) is 24.8 Å². The Balaban J connectivity index is 1.65. The standard InChI is InChI=1S/C28H34N4O5S/c1-4-14-32-24(20-30-15-17-31(18-16-30)38(35,36)23-12-7-6-8-13-23)25(27(33)37-5-2)26(29-28(32)34)22-11-9-10-21(3)19-22/h4,6-13,19,26H,1,5,14-18,20H2,2-3H3,(H,29,34). The summed E-state index contributed by atoms with van der Waals surface area (Å²) in [5.41, 5.74) is 2.71. The number of nitrogens with zero attached hydrogens (tertiary/aromatic N) is 3. The maximum absolute atomic E-state index is 13.3. The van der Waals surface area contributed by atoms with Crippen molar-refractivity contribution in [2.75, 3.05) is 45.9 Å². The number of carbonyl (C=O) groups excluding carboxylic acids is 2. The Hall–Kier alpha value is -3.47. The number of piperazine rings is 1. The van der Waals surface area contributed by atoms with Gasteiger partial charge in [0.15, 0.2) is 0 Å². The van der Waals surface area contributed by atoms with E-state index in [1.165, 1.54) is 9.21 Å². The molecule has 4 rings (SSSR count). The minimum atomic E-state index is -3.59. The summed E-state index contributed by atoms with van der Waals surface area (Å²) < 4.78 is 33.1. The highest BCUT2D eigenvalue weighted by molar-refractivity contribution is 7.89. The van der Waals surface area contributed by atoms with Gasteiger partial charge in [-0.3, -0.25) is 9.80 Å². The summed E-state index contributed by atoms with van der Waals surface area (Å²) in [5.74, 6) is -0.492. The van der Waals surface area contributed by atoms with E-state index >= 15 is 0 Å². The number of nitrogens with one attached hydrogen (secondary N) is 1. The molecule has 1 saturated heterocycles. The van der Waals surface area contributed by atoms with Gasteiger partial charge in [0.1, 0.15) is 0 Å². The zero-order valence-electron chi connectivity index (χ0n) is 21.8. The number of hydrogen-bond acceptors (Lipinski definition) is 6. The summed E-state index contributed by atoms with van der Waals surface area (Å²) in [4.78, 5) is 30.4. The molecule has 0 bridgehead atoms. The van der Waals surface area contributed by atoms with Gasteiger partial charge in [0.25, 0.3) is 0 Å². The fourth-order valence-electron chi connectivity index (χ4n) is 4.83. The second-order valence-electron chi connectivity index (χ2n) is 9.27. The normalized spacial score (nSPS) is 19.3. The molecule has 0 radical (unpaired) electrons. The smallest absolute Gasteiger partial charge is 0.338 e. The average Bonchev–Trinajstić information content (AvgIpc) is 2.91. The summed E-state index contributed by atoms with van der Waals surface area (Å²) in [7, 11) is -3.59. The molecule has 9 nitrogen and oxygen atoms in total. The van der Waals surface area contributed by atoms with Gasteiger partial charge in [-0.2, -0.15) is 4.31 Å². The van der Waals surface area contributed by atoms with E-state index in [1.54, 1.807) is 43.3 Å². The molecule has 1 atom stereocenters. The predicted octanol–water partition coefficient (Wildman–Crippen LogP) is 3.07. The largest absolute Gasteiger partial charge is 0.463 e. The summed E-state index contributed by atoms with van der Waals surface area (Å²) in [5, 5.41) is 2.97. The molecular weight excluding hydrogens is 504 g/mol. The third-order valence-electron chi connectivity index (χ3n) is 6.71. The van der Waals surface area contributed by atoms with Gasteiger partial charge in [0, 0.05) is 45.0 Å². The Kier molecular flexibility index (Phi) is 8.65. The van der Waals surface area contributed by atoms with Crippen LogP contribution in [0.5, 0.6) is 0 Å². The van der Waals surface area contributed by atoms with Gasteiger partial charge in [-0.1, -0.05) is 54.1 Å². The fraction of sp³-hybridized carbons (Fsp3) is 0.357. The van der Waals surface area contributed by atoms with Crippen LogP contribution in [-0.2, 0) is 19.6 Å². The van der Waals surface area contributed by atoms with E-state index in [-0.39, 0.29) is 30.6 Å². The van der Waals surface area contributed by atoms with Crippen LogP contribution in [0.3, 0.4) is 0 Å². The Morgan fingerprint density at radius 1 is 1.11 bits per heavy atom. The monoisotopic (exact) mass is 538 g/mol. The Morgan fingerprint density at radius 2 is 1.82 bits per heavy atom. The van der Waals surface area contributed by atoms with Gasteiger partial charge < -0.3 is 10.1 Å². The average molecular weight is 539 g/mol. The van der Waals surface area contributed by atoms with E-state index in [0.29, 0.717) is 37.4 Å². The van der Waals surface area contributed by atoms with Crippen LogP contribution >= 0.6 is 0 Å². The highest BCUT2D eigenvalue weighted by Crippen LogP contribution is 2.33. The molecular formula is C28H34N4O5S. The molecule has 38 heavy (non-hydrogen) atoms. The third kappa shape index (κ3) is 5.82. The van der Waals surface area contributed by atoms with Crippen molar-refractivity contribution in [3.05, 3.63) is 89.6 Å². The lowest BCUT2D eigenvalue weighted by molar-refractivity contribution is -0.139. The molecule has 2 aliphatic heterocycles. The van der Waals surface area contributed by atoms with Crippen molar-refractivity contribution in [1.82, 2.24) is 19.4 Å². The molecule has 2 amide bonds. The first kappa shape index (κ1) is 27.6. The van der Waals surface area contributed by atoms with E-state index in [1.807, 2.05) is 31.2 Å². The van der Waals surface area contributed by atoms with E-state index in [0.717, 1.165) is 11.1 Å². The molecule has 2 aromatic carbocycles. The molecule has 0 saturated carbocycles. The number of ether oxygens (including phenoxy) is 1. The van der Waals surface area contributed by atoms with Crippen LogP contribution in [0.25, 0.3) is 0 Å². The van der Waals surface area contributed by atoms with Crippen molar-refractivity contribution in [2.24, 2.45) is 0 Å².